The number of halogens is 2. The fourth-order valence-electron chi connectivity index (χ4n) is 2.76. The molecule has 0 aromatic carbocycles. The van der Waals surface area contributed by atoms with E-state index in [1.54, 1.807) is 12.3 Å². The van der Waals surface area contributed by atoms with Gasteiger partial charge in [0, 0.05) is 41.7 Å². The Labute approximate surface area is 166 Å². The van der Waals surface area contributed by atoms with Crippen molar-refractivity contribution in [3.63, 3.8) is 0 Å². The van der Waals surface area contributed by atoms with Crippen LogP contribution in [-0.4, -0.2) is 42.6 Å². The van der Waals surface area contributed by atoms with Crippen LogP contribution in [0.5, 0.6) is 0 Å². The van der Waals surface area contributed by atoms with Gasteiger partial charge in [0.1, 0.15) is 5.65 Å². The van der Waals surface area contributed by atoms with Gasteiger partial charge in [-0.15, -0.1) is 0 Å². The zero-order chi connectivity index (χ0) is 19.4. The van der Waals surface area contributed by atoms with Crippen LogP contribution in [-0.2, 0) is 0 Å². The molecular weight excluding hydrogens is 387 g/mol. The molecule has 1 saturated heterocycles. The molecule has 4 heterocycles. The van der Waals surface area contributed by atoms with Crippen LogP contribution in [0, 0.1) is 5.82 Å². The first-order valence-corrected chi connectivity index (χ1v) is 9.98. The first-order chi connectivity index (χ1) is 12.9. The van der Waals surface area contributed by atoms with Crippen LogP contribution < -0.4 is 5.73 Å². The van der Waals surface area contributed by atoms with Gasteiger partial charge in [0.2, 0.25) is 0 Å². The fourth-order valence-corrected chi connectivity index (χ4v) is 3.99. The Morgan fingerprint density at radius 1 is 1.26 bits per heavy atom. The van der Waals surface area contributed by atoms with E-state index in [0.717, 1.165) is 16.8 Å². The Morgan fingerprint density at radius 3 is 2.67 bits per heavy atom. The lowest BCUT2D eigenvalue weighted by Crippen LogP contribution is -2.12. The third-order valence-electron chi connectivity index (χ3n) is 3.93. The minimum absolute atomic E-state index is 0.190. The number of H-pyrrole nitrogens is 1. The molecule has 6 nitrogen and oxygen atoms in total. The lowest BCUT2D eigenvalue weighted by molar-refractivity contribution is 0.582. The number of aromatic amines is 1. The molecule has 144 valence electrons. The standard InChI is InChI=1S/C11H7ClFN5.C7H15NS/c12-5-1-6-7(3-16-10(6)15-2-5)11-17-4-8(13)9(14)18-11;1-7(2)9-8-5-3-4-6-8/h1-4H,(H,15,16)(H2,14,17,18);7H,3-6H2,1-2H3. The largest absolute Gasteiger partial charge is 0.381 e. The number of nitrogens with two attached hydrogens (primary N) is 1. The Balaban J connectivity index is 0.000000197. The van der Waals surface area contributed by atoms with Gasteiger partial charge in [-0.05, 0) is 18.9 Å². The van der Waals surface area contributed by atoms with E-state index in [-0.39, 0.29) is 5.82 Å². The van der Waals surface area contributed by atoms with E-state index < -0.39 is 5.82 Å². The van der Waals surface area contributed by atoms with Crippen molar-refractivity contribution in [2.75, 3.05) is 18.8 Å². The first-order valence-electron chi connectivity index (χ1n) is 8.76. The number of fused-ring (bicyclic) bond motifs is 1. The summed E-state index contributed by atoms with van der Waals surface area (Å²) >= 11 is 7.88. The molecule has 3 aromatic rings. The molecule has 1 aliphatic rings. The van der Waals surface area contributed by atoms with E-state index in [4.69, 9.17) is 17.3 Å². The summed E-state index contributed by atoms with van der Waals surface area (Å²) in [5.74, 6) is -0.511. The first kappa shape index (κ1) is 19.9. The third-order valence-corrected chi connectivity index (χ3v) is 5.23. The molecule has 0 aliphatic carbocycles. The van der Waals surface area contributed by atoms with Crippen LogP contribution in [0.15, 0.2) is 24.7 Å². The van der Waals surface area contributed by atoms with E-state index in [9.17, 15) is 4.39 Å². The highest BCUT2D eigenvalue weighted by Crippen LogP contribution is 2.27. The Hall–Kier alpha value is -1.90. The SMILES string of the molecule is CC(C)SN1CCCC1.Nc1nc(-c2c[nH]c3ncc(Cl)cc23)ncc1F. The summed E-state index contributed by atoms with van der Waals surface area (Å²) in [4.78, 5) is 14.9. The van der Waals surface area contributed by atoms with Gasteiger partial charge >= 0.3 is 0 Å². The van der Waals surface area contributed by atoms with E-state index in [0.29, 0.717) is 22.1 Å². The number of hydrogen-bond donors (Lipinski definition) is 2. The van der Waals surface area contributed by atoms with Gasteiger partial charge < -0.3 is 10.7 Å². The van der Waals surface area contributed by atoms with Crippen molar-refractivity contribution in [1.29, 1.82) is 0 Å². The van der Waals surface area contributed by atoms with Crippen molar-refractivity contribution in [2.24, 2.45) is 0 Å². The summed E-state index contributed by atoms with van der Waals surface area (Å²) in [6.45, 7) is 7.12. The summed E-state index contributed by atoms with van der Waals surface area (Å²) in [5.41, 5.74) is 6.75. The number of hydrogen-bond acceptors (Lipinski definition) is 6. The number of rotatable bonds is 3. The lowest BCUT2D eigenvalue weighted by atomic mass is 10.2. The Kier molecular flexibility index (Phi) is 6.51. The van der Waals surface area contributed by atoms with Crippen LogP contribution >= 0.6 is 23.5 Å². The second-order valence-corrected chi connectivity index (χ2v) is 8.58. The summed E-state index contributed by atoms with van der Waals surface area (Å²) < 4.78 is 15.5. The molecule has 0 radical (unpaired) electrons. The van der Waals surface area contributed by atoms with Crippen LogP contribution in [0.4, 0.5) is 10.2 Å². The number of aromatic nitrogens is 4. The smallest absolute Gasteiger partial charge is 0.183 e. The maximum atomic E-state index is 13.0. The van der Waals surface area contributed by atoms with Gasteiger partial charge in [-0.1, -0.05) is 37.4 Å². The van der Waals surface area contributed by atoms with Crippen LogP contribution in [0.1, 0.15) is 26.7 Å². The number of nitrogen functional groups attached to an aromatic ring is 1. The quantitative estimate of drug-likeness (QED) is 0.619. The van der Waals surface area contributed by atoms with Gasteiger partial charge in [0.25, 0.3) is 0 Å². The fraction of sp³-hybridized carbons (Fsp3) is 0.389. The normalized spacial score (nSPS) is 14.6. The summed E-state index contributed by atoms with van der Waals surface area (Å²) in [6.07, 6.45) is 7.05. The van der Waals surface area contributed by atoms with Crippen LogP contribution in [0.25, 0.3) is 22.4 Å². The Bertz CT molecular complexity index is 910. The van der Waals surface area contributed by atoms with Gasteiger partial charge in [-0.2, -0.15) is 0 Å². The van der Waals surface area contributed by atoms with Crippen molar-refractivity contribution in [3.8, 4) is 11.4 Å². The minimum atomic E-state index is -0.644. The molecule has 3 aromatic heterocycles. The maximum absolute atomic E-state index is 13.0. The molecule has 1 aliphatic heterocycles. The van der Waals surface area contributed by atoms with E-state index in [1.807, 2.05) is 11.9 Å². The van der Waals surface area contributed by atoms with Gasteiger partial charge in [-0.25, -0.2) is 19.3 Å². The summed E-state index contributed by atoms with van der Waals surface area (Å²) in [5, 5.41) is 2.02. The highest BCUT2D eigenvalue weighted by molar-refractivity contribution is 7.97. The highest BCUT2D eigenvalue weighted by Gasteiger charge is 2.13. The molecule has 0 saturated carbocycles. The highest BCUT2D eigenvalue weighted by atomic mass is 35.5. The zero-order valence-electron chi connectivity index (χ0n) is 15.2. The van der Waals surface area contributed by atoms with Crippen LogP contribution in [0.3, 0.4) is 0 Å². The molecule has 4 rings (SSSR count). The second-order valence-electron chi connectivity index (χ2n) is 6.47. The molecule has 27 heavy (non-hydrogen) atoms. The molecule has 3 N–H and O–H groups in total. The monoisotopic (exact) mass is 408 g/mol. The van der Waals surface area contributed by atoms with Gasteiger partial charge in [0.15, 0.2) is 17.5 Å². The van der Waals surface area contributed by atoms with E-state index >= 15 is 0 Å². The second kappa shape index (κ2) is 8.86. The molecule has 1 fully saturated rings. The molecular formula is C18H22ClFN6S. The van der Waals surface area contributed by atoms with Crippen LogP contribution in [0.2, 0.25) is 5.02 Å². The average molecular weight is 409 g/mol. The Morgan fingerprint density at radius 2 is 2.00 bits per heavy atom. The number of pyridine rings is 1. The van der Waals surface area contributed by atoms with Crippen molar-refractivity contribution < 1.29 is 4.39 Å². The van der Waals surface area contributed by atoms with E-state index in [1.165, 1.54) is 32.1 Å². The number of nitrogens with zero attached hydrogens (tertiary/aromatic N) is 4. The summed E-state index contributed by atoms with van der Waals surface area (Å²) in [6, 6.07) is 1.73. The van der Waals surface area contributed by atoms with Gasteiger partial charge in [-0.3, -0.25) is 4.31 Å². The maximum Gasteiger partial charge on any atom is 0.183 e. The zero-order valence-corrected chi connectivity index (χ0v) is 16.8. The number of nitrogens with one attached hydrogen (secondary N) is 1. The van der Waals surface area contributed by atoms with Crippen molar-refractivity contribution in [1.82, 2.24) is 24.2 Å². The number of anilines is 1. The van der Waals surface area contributed by atoms with Crippen molar-refractivity contribution in [3.05, 3.63) is 35.5 Å². The van der Waals surface area contributed by atoms with E-state index in [2.05, 4.69) is 38.1 Å². The predicted molar refractivity (Wildman–Crippen MR) is 110 cm³/mol. The average Bonchev–Trinajstić information content (AvgIpc) is 3.27. The lowest BCUT2D eigenvalue weighted by Gasteiger charge is -2.15. The minimum Gasteiger partial charge on any atom is -0.381 e. The molecule has 0 amide bonds. The predicted octanol–water partition coefficient (Wildman–Crippen LogP) is 4.53. The third kappa shape index (κ3) is 5.09. The van der Waals surface area contributed by atoms with Crippen molar-refractivity contribution in [2.45, 2.75) is 31.9 Å². The molecule has 0 bridgehead atoms. The molecule has 0 atom stereocenters. The summed E-state index contributed by atoms with van der Waals surface area (Å²) in [7, 11) is 0. The van der Waals surface area contributed by atoms with Crippen molar-refractivity contribution >= 4 is 40.4 Å². The topological polar surface area (TPSA) is 83.7 Å². The molecule has 0 unspecified atom stereocenters. The molecule has 9 heteroatoms. The molecule has 0 spiro atoms. The van der Waals surface area contributed by atoms with Gasteiger partial charge in [0.05, 0.1) is 11.2 Å².